The fourth-order valence-corrected chi connectivity index (χ4v) is 6.67. The van der Waals surface area contributed by atoms with Crippen LogP contribution in [0.2, 0.25) is 5.02 Å². The molecule has 3 unspecified atom stereocenters. The van der Waals surface area contributed by atoms with E-state index in [1.165, 1.54) is 17.1 Å². The van der Waals surface area contributed by atoms with Crippen LogP contribution in [-0.2, 0) is 19.1 Å². The van der Waals surface area contributed by atoms with Crippen molar-refractivity contribution in [1.82, 2.24) is 30.4 Å². The molecular weight excluding hydrogens is 670 g/mol. The standard InChI is InChI=1S/C38H42ClN7O5/c1-38(2,3)51-37(49)26-9-13-30(14-10-26)42-36(48)35-33(50-31-17-19-40-20-18-31)22-28(25-7-5-4-6-8-25)23-45(35)34(47)16-11-27-21-29(39)12-15-32(27)46-24-41-43-44-46/h4-16,21,24,28,31,33,35,40H,17-20,22-23H2,1-3H3,(H,42,48). The van der Waals surface area contributed by atoms with Crippen LogP contribution in [0.1, 0.15) is 67.4 Å². The van der Waals surface area contributed by atoms with Crippen molar-refractivity contribution in [3.05, 3.63) is 107 Å². The topological polar surface area (TPSA) is 141 Å². The van der Waals surface area contributed by atoms with Gasteiger partial charge in [0.1, 0.15) is 18.0 Å². The van der Waals surface area contributed by atoms with Crippen molar-refractivity contribution in [2.75, 3.05) is 25.0 Å². The second kappa shape index (κ2) is 16.0. The van der Waals surface area contributed by atoms with Crippen LogP contribution in [0.15, 0.2) is 85.2 Å². The van der Waals surface area contributed by atoms with E-state index in [1.54, 1.807) is 74.2 Å². The number of esters is 1. The van der Waals surface area contributed by atoms with Gasteiger partial charge in [-0.1, -0.05) is 41.9 Å². The van der Waals surface area contributed by atoms with E-state index in [1.807, 2.05) is 30.3 Å². The van der Waals surface area contributed by atoms with E-state index in [0.29, 0.717) is 40.5 Å². The highest BCUT2D eigenvalue weighted by atomic mass is 35.5. The third kappa shape index (κ3) is 9.26. The zero-order valence-corrected chi connectivity index (χ0v) is 29.6. The van der Waals surface area contributed by atoms with Crippen LogP contribution in [0, 0.1) is 0 Å². The number of carbonyl (C=O) groups is 3. The lowest BCUT2D eigenvalue weighted by atomic mass is 9.84. The highest BCUT2D eigenvalue weighted by Gasteiger charge is 2.44. The van der Waals surface area contributed by atoms with Crippen molar-refractivity contribution in [2.24, 2.45) is 0 Å². The molecule has 0 saturated carbocycles. The Morgan fingerprint density at radius 2 is 1.75 bits per heavy atom. The van der Waals surface area contributed by atoms with E-state index in [4.69, 9.17) is 21.1 Å². The molecule has 2 amide bonds. The van der Waals surface area contributed by atoms with Gasteiger partial charge < -0.3 is 25.0 Å². The summed E-state index contributed by atoms with van der Waals surface area (Å²) in [5.74, 6) is -1.28. The van der Waals surface area contributed by atoms with Gasteiger partial charge in [0, 0.05) is 34.8 Å². The van der Waals surface area contributed by atoms with Crippen LogP contribution in [0.4, 0.5) is 5.69 Å². The second-order valence-electron chi connectivity index (χ2n) is 13.8. The zero-order chi connectivity index (χ0) is 36.0. The third-order valence-electron chi connectivity index (χ3n) is 8.88. The number of likely N-dealkylation sites (tertiary alicyclic amines) is 1. The van der Waals surface area contributed by atoms with Crippen molar-refractivity contribution in [2.45, 2.75) is 69.8 Å². The largest absolute Gasteiger partial charge is 0.456 e. The van der Waals surface area contributed by atoms with Crippen molar-refractivity contribution in [1.29, 1.82) is 0 Å². The quantitative estimate of drug-likeness (QED) is 0.171. The van der Waals surface area contributed by atoms with Crippen molar-refractivity contribution in [3.63, 3.8) is 0 Å². The number of tetrazole rings is 1. The molecule has 2 aliphatic rings. The molecule has 3 aromatic carbocycles. The Morgan fingerprint density at radius 1 is 1.00 bits per heavy atom. The number of halogens is 1. The third-order valence-corrected chi connectivity index (χ3v) is 9.11. The summed E-state index contributed by atoms with van der Waals surface area (Å²) >= 11 is 6.35. The SMILES string of the molecule is CC(C)(C)OC(=O)c1ccc(NC(=O)C2C(OC3CCNCC3)CC(c3ccccc3)CN2C(=O)C=Cc2cc(Cl)ccc2-n2cnnn2)cc1. The predicted octanol–water partition coefficient (Wildman–Crippen LogP) is 5.44. The maximum atomic E-state index is 14.4. The summed E-state index contributed by atoms with van der Waals surface area (Å²) in [5.41, 5.74) is 2.51. The van der Waals surface area contributed by atoms with Gasteiger partial charge in [0.05, 0.1) is 23.5 Å². The number of aromatic nitrogens is 4. The number of nitrogens with one attached hydrogen (secondary N) is 2. The van der Waals surface area contributed by atoms with Crippen LogP contribution in [0.3, 0.4) is 0 Å². The lowest BCUT2D eigenvalue weighted by Crippen LogP contribution is -2.59. The number of amides is 2. The van der Waals surface area contributed by atoms with Gasteiger partial charge in [-0.2, -0.15) is 4.68 Å². The normalized spacial score (nSPS) is 19.9. The van der Waals surface area contributed by atoms with Crippen molar-refractivity contribution >= 4 is 41.1 Å². The summed E-state index contributed by atoms with van der Waals surface area (Å²) in [7, 11) is 0. The minimum absolute atomic E-state index is 0.0630. The minimum atomic E-state index is -0.944. The Morgan fingerprint density at radius 3 is 2.43 bits per heavy atom. The van der Waals surface area contributed by atoms with E-state index in [-0.39, 0.29) is 23.8 Å². The van der Waals surface area contributed by atoms with Gasteiger partial charge in [-0.25, -0.2) is 4.79 Å². The van der Waals surface area contributed by atoms with Crippen LogP contribution >= 0.6 is 11.6 Å². The molecule has 0 spiro atoms. The Kier molecular flexibility index (Phi) is 11.2. The van der Waals surface area contributed by atoms with Crippen molar-refractivity contribution in [3.8, 4) is 5.69 Å². The summed E-state index contributed by atoms with van der Waals surface area (Å²) in [6.45, 7) is 7.34. The Balaban J connectivity index is 1.32. The molecule has 2 aliphatic heterocycles. The molecule has 2 fully saturated rings. The molecule has 51 heavy (non-hydrogen) atoms. The Labute approximate surface area is 302 Å². The average molecular weight is 712 g/mol. The van der Waals surface area contributed by atoms with Crippen molar-refractivity contribution < 1.29 is 23.9 Å². The summed E-state index contributed by atoms with van der Waals surface area (Å²) in [4.78, 5) is 42.9. The highest BCUT2D eigenvalue weighted by Crippen LogP contribution is 2.35. The fourth-order valence-electron chi connectivity index (χ4n) is 6.49. The molecule has 0 bridgehead atoms. The monoisotopic (exact) mass is 711 g/mol. The summed E-state index contributed by atoms with van der Waals surface area (Å²) in [6.07, 6.45) is 6.07. The van der Waals surface area contributed by atoms with Crippen LogP contribution < -0.4 is 10.6 Å². The number of ether oxygens (including phenoxy) is 2. The molecule has 6 rings (SSSR count). The second-order valence-corrected chi connectivity index (χ2v) is 14.2. The van der Waals surface area contributed by atoms with Gasteiger partial charge in [-0.05, 0) is 118 Å². The molecule has 12 nitrogen and oxygen atoms in total. The first-order valence-electron chi connectivity index (χ1n) is 17.1. The lowest BCUT2D eigenvalue weighted by Gasteiger charge is -2.44. The number of anilines is 1. The first-order valence-corrected chi connectivity index (χ1v) is 17.5. The minimum Gasteiger partial charge on any atom is -0.456 e. The Hall–Kier alpha value is -4.91. The Bertz CT molecular complexity index is 1840. The number of piperidine rings is 2. The first-order chi connectivity index (χ1) is 24.5. The van der Waals surface area contributed by atoms with E-state index in [9.17, 15) is 14.4 Å². The number of nitrogens with zero attached hydrogens (tertiary/aromatic N) is 5. The molecule has 2 N–H and O–H groups in total. The molecule has 4 aromatic rings. The molecule has 1 aromatic heterocycles. The van der Waals surface area contributed by atoms with E-state index in [2.05, 4.69) is 26.2 Å². The molecule has 3 heterocycles. The van der Waals surface area contributed by atoms with E-state index >= 15 is 0 Å². The molecule has 0 radical (unpaired) electrons. The van der Waals surface area contributed by atoms with Gasteiger partial charge in [0.15, 0.2) is 0 Å². The number of hydrogen-bond donors (Lipinski definition) is 2. The first kappa shape index (κ1) is 35.9. The number of rotatable bonds is 9. The van der Waals surface area contributed by atoms with Crippen LogP contribution in [0.25, 0.3) is 11.8 Å². The maximum absolute atomic E-state index is 14.4. The summed E-state index contributed by atoms with van der Waals surface area (Å²) in [5, 5.41) is 18.3. The van der Waals surface area contributed by atoms with Gasteiger partial charge >= 0.3 is 5.97 Å². The zero-order valence-electron chi connectivity index (χ0n) is 28.9. The predicted molar refractivity (Wildman–Crippen MR) is 194 cm³/mol. The number of hydrogen-bond acceptors (Lipinski definition) is 9. The maximum Gasteiger partial charge on any atom is 0.338 e. The molecule has 266 valence electrons. The van der Waals surface area contributed by atoms with Gasteiger partial charge in [0.25, 0.3) is 0 Å². The molecule has 3 atom stereocenters. The molecule has 2 saturated heterocycles. The average Bonchev–Trinajstić information content (AvgIpc) is 3.66. The van der Waals surface area contributed by atoms with Crippen LogP contribution in [0.5, 0.6) is 0 Å². The fraction of sp³-hybridized carbons (Fsp3) is 0.368. The van der Waals surface area contributed by atoms with E-state index < -0.39 is 23.7 Å². The summed E-state index contributed by atoms with van der Waals surface area (Å²) < 4.78 is 13.7. The van der Waals surface area contributed by atoms with Crippen LogP contribution in [-0.4, -0.2) is 86.4 Å². The number of benzene rings is 3. The highest BCUT2D eigenvalue weighted by molar-refractivity contribution is 6.30. The van der Waals surface area contributed by atoms with E-state index in [0.717, 1.165) is 31.5 Å². The van der Waals surface area contributed by atoms with Gasteiger partial charge in [0.2, 0.25) is 11.8 Å². The number of carbonyl (C=O) groups excluding carboxylic acids is 3. The van der Waals surface area contributed by atoms with Gasteiger partial charge in [-0.3, -0.25) is 9.59 Å². The van der Waals surface area contributed by atoms with Gasteiger partial charge in [-0.15, -0.1) is 5.10 Å². The lowest BCUT2D eigenvalue weighted by molar-refractivity contribution is -0.150. The summed E-state index contributed by atoms with van der Waals surface area (Å²) in [6, 6.07) is 20.8. The smallest absolute Gasteiger partial charge is 0.338 e. The molecule has 13 heteroatoms. The molecule has 0 aliphatic carbocycles. The molecular formula is C38H42ClN7O5.